The molecule has 1 unspecified atom stereocenters. The predicted molar refractivity (Wildman–Crippen MR) is 115 cm³/mol. The molecule has 1 aromatic rings. The lowest BCUT2D eigenvalue weighted by molar-refractivity contribution is -0.143. The average Bonchev–Trinajstić information content (AvgIpc) is 3.30. The minimum atomic E-state index is -4.15. The molecular weight excluding hydrogens is 484 g/mol. The van der Waals surface area contributed by atoms with Gasteiger partial charge in [-0.1, -0.05) is 6.07 Å². The molecule has 1 atom stereocenters. The minimum absolute atomic E-state index is 0. The molecule has 0 bridgehead atoms. The third-order valence-corrected chi connectivity index (χ3v) is 4.94. The molecule has 6 nitrogen and oxygen atoms in total. The van der Waals surface area contributed by atoms with Gasteiger partial charge in [-0.3, -0.25) is 9.89 Å². The Hall–Kier alpha value is -1.30. The number of anilines is 1. The van der Waals surface area contributed by atoms with E-state index in [0.717, 1.165) is 24.5 Å². The third kappa shape index (κ3) is 6.94. The van der Waals surface area contributed by atoms with Crippen molar-refractivity contribution in [1.29, 1.82) is 0 Å². The minimum Gasteiger partial charge on any atom is -0.357 e. The van der Waals surface area contributed by atoms with Crippen molar-refractivity contribution < 1.29 is 13.2 Å². The van der Waals surface area contributed by atoms with Crippen LogP contribution in [0.15, 0.2) is 23.3 Å². The number of pyridine rings is 1. The van der Waals surface area contributed by atoms with Crippen LogP contribution in [-0.2, 0) is 6.54 Å². The molecule has 10 heteroatoms. The van der Waals surface area contributed by atoms with E-state index in [2.05, 4.69) is 25.5 Å². The molecule has 2 saturated heterocycles. The van der Waals surface area contributed by atoms with Crippen molar-refractivity contribution in [2.45, 2.75) is 38.0 Å². The zero-order chi connectivity index (χ0) is 19.3. The molecule has 0 amide bonds. The Morgan fingerprint density at radius 3 is 2.61 bits per heavy atom. The summed E-state index contributed by atoms with van der Waals surface area (Å²) in [6, 6.07) is 4.04. The topological polar surface area (TPSA) is 55.8 Å². The van der Waals surface area contributed by atoms with E-state index in [0.29, 0.717) is 32.0 Å². The molecule has 2 N–H and O–H groups in total. The monoisotopic (exact) mass is 512 g/mol. The molecule has 2 aliphatic rings. The van der Waals surface area contributed by atoms with Crippen LogP contribution in [0.5, 0.6) is 0 Å². The van der Waals surface area contributed by atoms with Gasteiger partial charge in [-0.15, -0.1) is 24.0 Å². The summed E-state index contributed by atoms with van der Waals surface area (Å²) in [6.07, 6.45) is 0.809. The third-order valence-electron chi connectivity index (χ3n) is 4.94. The summed E-state index contributed by atoms with van der Waals surface area (Å²) in [7, 11) is 1.66. The van der Waals surface area contributed by atoms with Gasteiger partial charge in [0.25, 0.3) is 0 Å². The zero-order valence-corrected chi connectivity index (χ0v) is 18.3. The van der Waals surface area contributed by atoms with E-state index in [-0.39, 0.29) is 30.0 Å². The molecule has 0 saturated carbocycles. The van der Waals surface area contributed by atoms with Crippen molar-refractivity contribution in [3.8, 4) is 0 Å². The first-order valence-electron chi connectivity index (χ1n) is 9.39. The second-order valence-corrected chi connectivity index (χ2v) is 7.12. The number of alkyl halides is 3. The van der Waals surface area contributed by atoms with E-state index >= 15 is 0 Å². The highest BCUT2D eigenvalue weighted by atomic mass is 127. The van der Waals surface area contributed by atoms with Gasteiger partial charge >= 0.3 is 6.18 Å². The molecule has 1 aromatic heterocycles. The van der Waals surface area contributed by atoms with Crippen LogP contribution in [0.2, 0.25) is 0 Å². The van der Waals surface area contributed by atoms with Gasteiger partial charge in [-0.2, -0.15) is 13.2 Å². The summed E-state index contributed by atoms with van der Waals surface area (Å²) in [6.45, 7) is 2.64. The number of likely N-dealkylation sites (tertiary alicyclic amines) is 1. The van der Waals surface area contributed by atoms with Crippen LogP contribution in [0.1, 0.15) is 24.8 Å². The predicted octanol–water partition coefficient (Wildman–Crippen LogP) is 2.60. The van der Waals surface area contributed by atoms with Crippen molar-refractivity contribution >= 4 is 35.8 Å². The van der Waals surface area contributed by atoms with Gasteiger partial charge in [0, 0.05) is 52.0 Å². The molecular formula is C18H28F3IN6. The molecule has 0 aromatic carbocycles. The Morgan fingerprint density at radius 2 is 2.00 bits per heavy atom. The van der Waals surface area contributed by atoms with E-state index in [1.807, 2.05) is 18.3 Å². The van der Waals surface area contributed by atoms with E-state index in [1.54, 1.807) is 7.05 Å². The summed E-state index contributed by atoms with van der Waals surface area (Å²) in [4.78, 5) is 12.4. The fraction of sp³-hybridized carbons (Fsp3) is 0.667. The molecule has 3 rings (SSSR count). The Labute approximate surface area is 181 Å². The van der Waals surface area contributed by atoms with E-state index in [4.69, 9.17) is 0 Å². The first-order valence-corrected chi connectivity index (χ1v) is 9.39. The lowest BCUT2D eigenvalue weighted by Crippen LogP contribution is -2.44. The summed E-state index contributed by atoms with van der Waals surface area (Å²) < 4.78 is 37.5. The molecule has 28 heavy (non-hydrogen) atoms. The fourth-order valence-electron chi connectivity index (χ4n) is 3.58. The number of rotatable bonds is 5. The normalized spacial score (nSPS) is 20.9. The van der Waals surface area contributed by atoms with Gasteiger partial charge in [0.15, 0.2) is 5.96 Å². The van der Waals surface area contributed by atoms with Crippen molar-refractivity contribution in [3.63, 3.8) is 0 Å². The molecule has 3 heterocycles. The summed E-state index contributed by atoms with van der Waals surface area (Å²) >= 11 is 0. The standard InChI is InChI=1S/C18H27F3N6.HI/c1-22-17(25-15-6-9-26(12-15)13-18(19,20)21)24-11-14-4-5-16(23-10-14)27-7-2-3-8-27;/h4-5,10,15H,2-3,6-9,11-13H2,1H3,(H2,22,24,25);1H. The van der Waals surface area contributed by atoms with Crippen molar-refractivity contribution in [1.82, 2.24) is 20.5 Å². The number of nitrogens with one attached hydrogen (secondary N) is 2. The molecule has 158 valence electrons. The lowest BCUT2D eigenvalue weighted by Gasteiger charge is -2.20. The first-order chi connectivity index (χ1) is 12.9. The number of hydrogen-bond donors (Lipinski definition) is 2. The zero-order valence-electron chi connectivity index (χ0n) is 16.0. The molecule has 0 radical (unpaired) electrons. The fourth-order valence-corrected chi connectivity index (χ4v) is 3.58. The van der Waals surface area contributed by atoms with Crippen LogP contribution in [0.25, 0.3) is 0 Å². The quantitative estimate of drug-likeness (QED) is 0.361. The van der Waals surface area contributed by atoms with Crippen LogP contribution in [-0.4, -0.2) is 67.8 Å². The molecule has 2 fully saturated rings. The van der Waals surface area contributed by atoms with Crippen molar-refractivity contribution in [2.75, 3.05) is 44.7 Å². The van der Waals surface area contributed by atoms with Gasteiger partial charge < -0.3 is 15.5 Å². The molecule has 2 aliphatic heterocycles. The summed E-state index contributed by atoms with van der Waals surface area (Å²) in [5.41, 5.74) is 1.03. The van der Waals surface area contributed by atoms with Crippen molar-refractivity contribution in [3.05, 3.63) is 23.9 Å². The Morgan fingerprint density at radius 1 is 1.25 bits per heavy atom. The molecule has 0 aliphatic carbocycles. The first kappa shape index (κ1) is 23.0. The highest BCUT2D eigenvalue weighted by Crippen LogP contribution is 2.20. The highest BCUT2D eigenvalue weighted by Gasteiger charge is 2.34. The summed E-state index contributed by atoms with van der Waals surface area (Å²) in [5.74, 6) is 1.60. The van der Waals surface area contributed by atoms with Crippen LogP contribution < -0.4 is 15.5 Å². The maximum Gasteiger partial charge on any atom is 0.401 e. The van der Waals surface area contributed by atoms with Crippen molar-refractivity contribution in [2.24, 2.45) is 4.99 Å². The van der Waals surface area contributed by atoms with Gasteiger partial charge in [-0.05, 0) is 30.9 Å². The lowest BCUT2D eigenvalue weighted by atomic mass is 10.2. The second-order valence-electron chi connectivity index (χ2n) is 7.12. The Kier molecular flexibility index (Phi) is 8.59. The Bertz CT molecular complexity index is 631. The summed E-state index contributed by atoms with van der Waals surface area (Å²) in [5, 5.41) is 6.42. The van der Waals surface area contributed by atoms with E-state index in [1.165, 1.54) is 17.7 Å². The number of nitrogens with zero attached hydrogens (tertiary/aromatic N) is 4. The van der Waals surface area contributed by atoms with Gasteiger partial charge in [0.05, 0.1) is 6.54 Å². The van der Waals surface area contributed by atoms with Gasteiger partial charge in [0.1, 0.15) is 5.82 Å². The van der Waals surface area contributed by atoms with Gasteiger partial charge in [-0.25, -0.2) is 4.98 Å². The SMILES string of the molecule is CN=C(NCc1ccc(N2CCCC2)nc1)NC1CCN(CC(F)(F)F)C1.I. The number of aliphatic imine (C=N–C) groups is 1. The average molecular weight is 512 g/mol. The number of halogens is 4. The number of guanidine groups is 1. The van der Waals surface area contributed by atoms with Crippen LogP contribution in [0.4, 0.5) is 19.0 Å². The maximum atomic E-state index is 12.5. The van der Waals surface area contributed by atoms with Crippen LogP contribution in [0.3, 0.4) is 0 Å². The van der Waals surface area contributed by atoms with Gasteiger partial charge in [0.2, 0.25) is 0 Å². The maximum absolute atomic E-state index is 12.5. The smallest absolute Gasteiger partial charge is 0.357 e. The number of hydrogen-bond acceptors (Lipinski definition) is 4. The van der Waals surface area contributed by atoms with Crippen LogP contribution in [0, 0.1) is 0 Å². The second kappa shape index (κ2) is 10.5. The largest absolute Gasteiger partial charge is 0.401 e. The van der Waals surface area contributed by atoms with E-state index < -0.39 is 12.7 Å². The van der Waals surface area contributed by atoms with Crippen LogP contribution >= 0.6 is 24.0 Å². The highest BCUT2D eigenvalue weighted by molar-refractivity contribution is 14.0. The number of aromatic nitrogens is 1. The Balaban J connectivity index is 0.00000280. The molecule has 0 spiro atoms. The van der Waals surface area contributed by atoms with E-state index in [9.17, 15) is 13.2 Å².